The van der Waals surface area contributed by atoms with Crippen LogP contribution in [0.2, 0.25) is 0 Å². The van der Waals surface area contributed by atoms with Gasteiger partial charge in [-0.2, -0.15) is 0 Å². The number of nitrogens with zero attached hydrogens (tertiary/aromatic N) is 1. The highest BCUT2D eigenvalue weighted by atomic mass is 32.1. The lowest BCUT2D eigenvalue weighted by molar-refractivity contribution is -0.116. The second-order valence-corrected chi connectivity index (χ2v) is 7.71. The van der Waals surface area contributed by atoms with Gasteiger partial charge in [0.2, 0.25) is 5.91 Å². The van der Waals surface area contributed by atoms with Crippen LogP contribution in [-0.2, 0) is 17.9 Å². The van der Waals surface area contributed by atoms with Crippen LogP contribution in [0, 0.1) is 6.92 Å². The van der Waals surface area contributed by atoms with Gasteiger partial charge in [-0.1, -0.05) is 18.2 Å². The van der Waals surface area contributed by atoms with Crippen molar-refractivity contribution in [2.45, 2.75) is 20.0 Å². The first-order chi connectivity index (χ1) is 13.2. The minimum atomic E-state index is -0.0990. The summed E-state index contributed by atoms with van der Waals surface area (Å²) in [6, 6.07) is 10.4. The number of amides is 1. The molecular weight excluding hydrogens is 356 g/mol. The van der Waals surface area contributed by atoms with Gasteiger partial charge in [-0.15, -0.1) is 11.3 Å². The molecule has 0 saturated heterocycles. The van der Waals surface area contributed by atoms with Crippen molar-refractivity contribution in [2.75, 3.05) is 18.4 Å². The van der Waals surface area contributed by atoms with Gasteiger partial charge >= 0.3 is 0 Å². The van der Waals surface area contributed by atoms with Crippen LogP contribution in [0.3, 0.4) is 0 Å². The number of pyridine rings is 1. The van der Waals surface area contributed by atoms with Gasteiger partial charge in [0.25, 0.3) is 0 Å². The summed E-state index contributed by atoms with van der Waals surface area (Å²) in [6.45, 7) is 5.23. The van der Waals surface area contributed by atoms with Crippen LogP contribution in [0.5, 0.6) is 0 Å². The molecule has 0 spiro atoms. The third-order valence-corrected chi connectivity index (χ3v) is 5.96. The number of nitrogens with one attached hydrogen (secondary N) is 3. The van der Waals surface area contributed by atoms with Crippen LogP contribution in [0.1, 0.15) is 21.6 Å². The van der Waals surface area contributed by atoms with Crippen LogP contribution in [0.4, 0.5) is 5.82 Å². The molecule has 0 bridgehead atoms. The molecule has 1 aliphatic rings. The summed E-state index contributed by atoms with van der Waals surface area (Å²) in [4.78, 5) is 17.9. The summed E-state index contributed by atoms with van der Waals surface area (Å²) in [5.74, 6) is 0.819. The maximum atomic E-state index is 12.2. The number of aromatic nitrogens is 1. The van der Waals surface area contributed by atoms with Gasteiger partial charge in [0.05, 0.1) is 6.54 Å². The minimum Gasteiger partial charge on any atom is -0.369 e. The van der Waals surface area contributed by atoms with Gasteiger partial charge in [-0.25, -0.2) is 4.98 Å². The van der Waals surface area contributed by atoms with E-state index in [2.05, 4.69) is 46.1 Å². The largest absolute Gasteiger partial charge is 0.369 e. The van der Waals surface area contributed by atoms with E-state index in [1.165, 1.54) is 20.5 Å². The summed E-state index contributed by atoms with van der Waals surface area (Å²) < 4.78 is 1.26. The number of carbonyl (C=O) groups is 1. The fourth-order valence-electron chi connectivity index (χ4n) is 3.20. The molecule has 4 rings (SSSR count). The third-order valence-electron chi connectivity index (χ3n) is 4.69. The van der Waals surface area contributed by atoms with Gasteiger partial charge in [-0.3, -0.25) is 4.79 Å². The fraction of sp³-hybridized carbons (Fsp3) is 0.238. The molecule has 0 radical (unpaired) electrons. The molecule has 138 valence electrons. The summed E-state index contributed by atoms with van der Waals surface area (Å²) in [5, 5.41) is 10.9. The van der Waals surface area contributed by atoms with E-state index < -0.39 is 0 Å². The molecule has 0 aliphatic carbocycles. The monoisotopic (exact) mass is 378 g/mol. The molecule has 3 aromatic rings. The number of fused-ring (bicyclic) bond motifs is 2. The zero-order valence-corrected chi connectivity index (χ0v) is 16.0. The Morgan fingerprint density at radius 3 is 3.11 bits per heavy atom. The Labute approximate surface area is 162 Å². The van der Waals surface area contributed by atoms with Crippen LogP contribution >= 0.6 is 11.3 Å². The van der Waals surface area contributed by atoms with E-state index >= 15 is 0 Å². The van der Waals surface area contributed by atoms with Gasteiger partial charge in [0, 0.05) is 47.0 Å². The lowest BCUT2D eigenvalue weighted by atomic mass is 10.1. The van der Waals surface area contributed by atoms with E-state index in [9.17, 15) is 4.79 Å². The summed E-state index contributed by atoms with van der Waals surface area (Å²) in [7, 11) is 0. The molecule has 1 amide bonds. The van der Waals surface area contributed by atoms with Gasteiger partial charge in [0.15, 0.2) is 0 Å². The lowest BCUT2D eigenvalue weighted by Gasteiger charge is -2.06. The van der Waals surface area contributed by atoms with Crippen molar-refractivity contribution in [3.8, 4) is 0 Å². The fourth-order valence-corrected chi connectivity index (χ4v) is 4.35. The maximum Gasteiger partial charge on any atom is 0.244 e. The summed E-state index contributed by atoms with van der Waals surface area (Å²) in [6.07, 6.45) is 5.17. The normalized spacial score (nSPS) is 14.0. The lowest BCUT2D eigenvalue weighted by Crippen LogP contribution is -2.20. The van der Waals surface area contributed by atoms with Crippen LogP contribution < -0.4 is 16.0 Å². The smallest absolute Gasteiger partial charge is 0.244 e. The highest BCUT2D eigenvalue weighted by molar-refractivity contribution is 7.19. The number of benzene rings is 1. The average Bonchev–Trinajstić information content (AvgIpc) is 2.86. The number of carbonyl (C=O) groups excluding carboxylic acids is 1. The first-order valence-corrected chi connectivity index (χ1v) is 9.89. The summed E-state index contributed by atoms with van der Waals surface area (Å²) >= 11 is 1.74. The minimum absolute atomic E-state index is 0.0990. The Morgan fingerprint density at radius 1 is 1.33 bits per heavy atom. The molecule has 0 atom stereocenters. The quantitative estimate of drug-likeness (QED) is 0.609. The summed E-state index contributed by atoms with van der Waals surface area (Å²) in [5.41, 5.74) is 3.29. The SMILES string of the molecule is Cc1c(CNC(=O)/C=C/c2cnc3c(c2)CNCCN3)sc2ccccc12. The van der Waals surface area contributed by atoms with Crippen LogP contribution in [-0.4, -0.2) is 24.0 Å². The number of anilines is 1. The van der Waals surface area contributed by atoms with E-state index in [4.69, 9.17) is 0 Å². The first kappa shape index (κ1) is 17.7. The van der Waals surface area contributed by atoms with Crippen LogP contribution in [0.15, 0.2) is 42.6 Å². The molecule has 0 unspecified atom stereocenters. The highest BCUT2D eigenvalue weighted by Crippen LogP contribution is 2.30. The zero-order valence-electron chi connectivity index (χ0n) is 15.2. The molecular formula is C21H22N4OS. The van der Waals surface area contributed by atoms with Gasteiger partial charge < -0.3 is 16.0 Å². The van der Waals surface area contributed by atoms with Crippen molar-refractivity contribution in [1.82, 2.24) is 15.6 Å². The molecule has 6 heteroatoms. The van der Waals surface area contributed by atoms with E-state index in [-0.39, 0.29) is 5.91 Å². The number of hydrogen-bond donors (Lipinski definition) is 3. The standard InChI is InChI=1S/C21H22N4OS/c1-14-17-4-2-3-5-18(17)27-19(14)13-24-20(26)7-6-15-10-16-12-22-8-9-23-21(16)25-11-15/h2-7,10-11,22H,8-9,12-13H2,1H3,(H,23,25)(H,24,26)/b7-6+. The van der Waals surface area contributed by atoms with E-state index in [1.54, 1.807) is 23.6 Å². The van der Waals surface area contributed by atoms with E-state index in [0.29, 0.717) is 6.54 Å². The first-order valence-electron chi connectivity index (χ1n) is 9.07. The topological polar surface area (TPSA) is 66.0 Å². The second kappa shape index (κ2) is 7.90. The Balaban J connectivity index is 1.40. The predicted octanol–water partition coefficient (Wildman–Crippen LogP) is 3.45. The molecule has 0 saturated carbocycles. The van der Waals surface area contributed by atoms with Crippen molar-refractivity contribution in [3.63, 3.8) is 0 Å². The molecule has 3 N–H and O–H groups in total. The van der Waals surface area contributed by atoms with Crippen molar-refractivity contribution in [1.29, 1.82) is 0 Å². The second-order valence-electron chi connectivity index (χ2n) is 6.58. The van der Waals surface area contributed by atoms with Crippen molar-refractivity contribution >= 4 is 39.2 Å². The Morgan fingerprint density at radius 2 is 2.22 bits per heavy atom. The Kier molecular flexibility index (Phi) is 5.18. The molecule has 3 heterocycles. The molecule has 1 aliphatic heterocycles. The predicted molar refractivity (Wildman–Crippen MR) is 112 cm³/mol. The highest BCUT2D eigenvalue weighted by Gasteiger charge is 2.09. The van der Waals surface area contributed by atoms with Crippen molar-refractivity contribution in [2.24, 2.45) is 0 Å². The maximum absolute atomic E-state index is 12.2. The van der Waals surface area contributed by atoms with Crippen molar-refractivity contribution in [3.05, 3.63) is 64.2 Å². The zero-order chi connectivity index (χ0) is 18.6. The Hall–Kier alpha value is -2.70. The van der Waals surface area contributed by atoms with E-state index in [0.717, 1.165) is 36.6 Å². The number of aryl methyl sites for hydroxylation is 1. The molecule has 2 aromatic heterocycles. The van der Waals surface area contributed by atoms with Crippen molar-refractivity contribution < 1.29 is 4.79 Å². The molecule has 5 nitrogen and oxygen atoms in total. The van der Waals surface area contributed by atoms with Crippen LogP contribution in [0.25, 0.3) is 16.2 Å². The molecule has 27 heavy (non-hydrogen) atoms. The average molecular weight is 379 g/mol. The number of thiophene rings is 1. The Bertz CT molecular complexity index is 1010. The number of hydrogen-bond acceptors (Lipinski definition) is 5. The van der Waals surface area contributed by atoms with Gasteiger partial charge in [0.1, 0.15) is 5.82 Å². The number of rotatable bonds is 4. The van der Waals surface area contributed by atoms with E-state index in [1.807, 2.05) is 18.2 Å². The molecule has 0 fully saturated rings. The molecule has 1 aromatic carbocycles. The third kappa shape index (κ3) is 4.02. The van der Waals surface area contributed by atoms with Gasteiger partial charge in [-0.05, 0) is 41.6 Å².